The molecule has 2 rings (SSSR count). The molecule has 2 aromatic carbocycles. The first-order chi connectivity index (χ1) is 11.2. The van der Waals surface area contributed by atoms with Crippen molar-refractivity contribution in [2.24, 2.45) is 0 Å². The van der Waals surface area contributed by atoms with E-state index in [9.17, 15) is 4.79 Å². The van der Waals surface area contributed by atoms with Gasteiger partial charge in [-0.1, -0.05) is 40.2 Å². The highest BCUT2D eigenvalue weighted by Crippen LogP contribution is 2.33. The number of hydrogen-bond donors (Lipinski definition) is 2. The highest BCUT2D eigenvalue weighted by atomic mass is 79.9. The van der Waals surface area contributed by atoms with Crippen LogP contribution in [0.2, 0.25) is 0 Å². The van der Waals surface area contributed by atoms with Crippen LogP contribution in [-0.2, 0) is 6.42 Å². The van der Waals surface area contributed by atoms with E-state index in [4.69, 9.17) is 9.47 Å². The first-order valence-corrected chi connectivity index (χ1v) is 7.94. The minimum Gasteiger partial charge on any atom is -0.494 e. The van der Waals surface area contributed by atoms with E-state index in [-0.39, 0.29) is 6.03 Å². The van der Waals surface area contributed by atoms with Gasteiger partial charge in [-0.2, -0.15) is 0 Å². The quantitative estimate of drug-likeness (QED) is 0.802. The fraction of sp³-hybridized carbons (Fsp3) is 0.235. The Morgan fingerprint density at radius 3 is 2.30 bits per heavy atom. The summed E-state index contributed by atoms with van der Waals surface area (Å²) in [5, 5.41) is 5.60. The molecule has 5 nitrogen and oxygen atoms in total. The molecule has 2 amide bonds. The SMILES string of the molecule is COc1cccc(OC)c1NC(=O)NCCc1ccccc1Br. The van der Waals surface area contributed by atoms with Crippen LogP contribution in [0.5, 0.6) is 11.5 Å². The van der Waals surface area contributed by atoms with Crippen molar-refractivity contribution >= 4 is 27.6 Å². The van der Waals surface area contributed by atoms with Gasteiger partial charge in [0.25, 0.3) is 0 Å². The van der Waals surface area contributed by atoms with Crippen molar-refractivity contribution in [3.8, 4) is 11.5 Å². The summed E-state index contributed by atoms with van der Waals surface area (Å²) in [7, 11) is 3.09. The molecule has 0 radical (unpaired) electrons. The number of nitrogens with one attached hydrogen (secondary N) is 2. The molecule has 0 unspecified atom stereocenters. The zero-order valence-corrected chi connectivity index (χ0v) is 14.6. The normalized spacial score (nSPS) is 10.0. The van der Waals surface area contributed by atoms with Gasteiger partial charge in [0.05, 0.1) is 14.2 Å². The molecule has 0 saturated heterocycles. The molecule has 0 saturated carbocycles. The summed E-state index contributed by atoms with van der Waals surface area (Å²) in [5.74, 6) is 1.09. The minimum absolute atomic E-state index is 0.306. The lowest BCUT2D eigenvalue weighted by molar-refractivity contribution is 0.252. The molecule has 2 aromatic rings. The number of ether oxygens (including phenoxy) is 2. The lowest BCUT2D eigenvalue weighted by atomic mass is 10.1. The summed E-state index contributed by atoms with van der Waals surface area (Å²) in [6.45, 7) is 0.520. The number of methoxy groups -OCH3 is 2. The van der Waals surface area contributed by atoms with E-state index in [1.54, 1.807) is 32.4 Å². The summed E-state index contributed by atoms with van der Waals surface area (Å²) in [4.78, 5) is 12.1. The van der Waals surface area contributed by atoms with Crippen LogP contribution < -0.4 is 20.1 Å². The van der Waals surface area contributed by atoms with Crippen LogP contribution in [0.25, 0.3) is 0 Å². The van der Waals surface area contributed by atoms with Gasteiger partial charge in [-0.3, -0.25) is 0 Å². The van der Waals surface area contributed by atoms with Crippen LogP contribution in [0, 0.1) is 0 Å². The first kappa shape index (κ1) is 17.1. The Morgan fingerprint density at radius 1 is 1.04 bits per heavy atom. The van der Waals surface area contributed by atoms with Crippen LogP contribution in [0.15, 0.2) is 46.9 Å². The highest BCUT2D eigenvalue weighted by Gasteiger charge is 2.12. The van der Waals surface area contributed by atoms with E-state index in [1.165, 1.54) is 0 Å². The predicted molar refractivity (Wildman–Crippen MR) is 94.4 cm³/mol. The number of rotatable bonds is 6. The molecule has 122 valence electrons. The number of carbonyl (C=O) groups is 1. The maximum atomic E-state index is 12.1. The lowest BCUT2D eigenvalue weighted by Gasteiger charge is -2.14. The number of benzene rings is 2. The largest absolute Gasteiger partial charge is 0.494 e. The summed E-state index contributed by atoms with van der Waals surface area (Å²) in [6, 6.07) is 13.0. The monoisotopic (exact) mass is 378 g/mol. The third kappa shape index (κ3) is 4.63. The first-order valence-electron chi connectivity index (χ1n) is 7.15. The number of halogens is 1. The van der Waals surface area contributed by atoms with Crippen LogP contribution in [0.3, 0.4) is 0 Å². The Morgan fingerprint density at radius 2 is 1.70 bits per heavy atom. The molecule has 0 fully saturated rings. The molecule has 0 aliphatic heterocycles. The van der Waals surface area contributed by atoms with Crippen LogP contribution in [0.4, 0.5) is 10.5 Å². The topological polar surface area (TPSA) is 59.6 Å². The number of carbonyl (C=O) groups excluding carboxylic acids is 1. The average molecular weight is 379 g/mol. The third-order valence-corrected chi connectivity index (χ3v) is 4.08. The summed E-state index contributed by atoms with van der Waals surface area (Å²) < 4.78 is 11.5. The van der Waals surface area contributed by atoms with Crippen molar-refractivity contribution < 1.29 is 14.3 Å². The fourth-order valence-corrected chi connectivity index (χ4v) is 2.63. The van der Waals surface area contributed by atoms with E-state index in [0.717, 1.165) is 16.5 Å². The van der Waals surface area contributed by atoms with Gasteiger partial charge in [0, 0.05) is 11.0 Å². The number of para-hydroxylation sites is 1. The Balaban J connectivity index is 1.94. The van der Waals surface area contributed by atoms with Crippen LogP contribution >= 0.6 is 15.9 Å². The Bertz CT molecular complexity index is 654. The molecule has 0 aliphatic carbocycles. The van der Waals surface area contributed by atoms with E-state index in [0.29, 0.717) is 23.7 Å². The fourth-order valence-electron chi connectivity index (χ4n) is 2.14. The Hall–Kier alpha value is -2.21. The number of hydrogen-bond acceptors (Lipinski definition) is 3. The van der Waals surface area contributed by atoms with Crippen molar-refractivity contribution in [1.82, 2.24) is 5.32 Å². The molecule has 0 bridgehead atoms. The molecule has 0 aromatic heterocycles. The van der Waals surface area contributed by atoms with E-state index in [1.807, 2.05) is 24.3 Å². The number of urea groups is 1. The average Bonchev–Trinajstić information content (AvgIpc) is 2.56. The van der Waals surface area contributed by atoms with Crippen molar-refractivity contribution in [3.05, 3.63) is 52.5 Å². The predicted octanol–water partition coefficient (Wildman–Crippen LogP) is 3.83. The van der Waals surface area contributed by atoms with E-state index < -0.39 is 0 Å². The molecule has 0 heterocycles. The van der Waals surface area contributed by atoms with Crippen molar-refractivity contribution in [2.45, 2.75) is 6.42 Å². The standard InChI is InChI=1S/C17H19BrN2O3/c1-22-14-8-5-9-15(23-2)16(14)20-17(21)19-11-10-12-6-3-4-7-13(12)18/h3-9H,10-11H2,1-2H3,(H2,19,20,21). The minimum atomic E-state index is -0.306. The number of anilines is 1. The van der Waals surface area contributed by atoms with Gasteiger partial charge in [-0.15, -0.1) is 0 Å². The van der Waals surface area contributed by atoms with Gasteiger partial charge < -0.3 is 20.1 Å². The van der Waals surface area contributed by atoms with Crippen molar-refractivity contribution in [3.63, 3.8) is 0 Å². The molecule has 0 atom stereocenters. The molecule has 0 aliphatic rings. The summed E-state index contributed by atoms with van der Waals surface area (Å²) >= 11 is 3.49. The zero-order chi connectivity index (χ0) is 16.7. The van der Waals surface area contributed by atoms with Crippen LogP contribution in [-0.4, -0.2) is 26.8 Å². The van der Waals surface area contributed by atoms with E-state index >= 15 is 0 Å². The van der Waals surface area contributed by atoms with Gasteiger partial charge in [-0.05, 0) is 30.2 Å². The smallest absolute Gasteiger partial charge is 0.319 e. The molecular formula is C17H19BrN2O3. The maximum Gasteiger partial charge on any atom is 0.319 e. The van der Waals surface area contributed by atoms with Crippen molar-refractivity contribution in [1.29, 1.82) is 0 Å². The zero-order valence-electron chi connectivity index (χ0n) is 13.1. The second-order valence-corrected chi connectivity index (χ2v) is 5.61. The second-order valence-electron chi connectivity index (χ2n) is 4.76. The van der Waals surface area contributed by atoms with Gasteiger partial charge in [0.2, 0.25) is 0 Å². The van der Waals surface area contributed by atoms with Gasteiger partial charge >= 0.3 is 6.03 Å². The number of amides is 2. The molecule has 0 spiro atoms. The molecule has 6 heteroatoms. The Kier molecular flexibility index (Phi) is 6.29. The molecule has 23 heavy (non-hydrogen) atoms. The Labute approximate surface area is 144 Å². The van der Waals surface area contributed by atoms with Gasteiger partial charge in [0.15, 0.2) is 0 Å². The molecule has 2 N–H and O–H groups in total. The van der Waals surface area contributed by atoms with Crippen LogP contribution in [0.1, 0.15) is 5.56 Å². The van der Waals surface area contributed by atoms with Crippen molar-refractivity contribution in [2.75, 3.05) is 26.1 Å². The third-order valence-electron chi connectivity index (χ3n) is 3.30. The van der Waals surface area contributed by atoms with E-state index in [2.05, 4.69) is 26.6 Å². The van der Waals surface area contributed by atoms with Gasteiger partial charge in [-0.25, -0.2) is 4.79 Å². The molecular weight excluding hydrogens is 360 g/mol. The maximum absolute atomic E-state index is 12.1. The summed E-state index contributed by atoms with van der Waals surface area (Å²) in [5.41, 5.74) is 1.65. The van der Waals surface area contributed by atoms with Gasteiger partial charge in [0.1, 0.15) is 17.2 Å². The second kappa shape index (κ2) is 8.43. The summed E-state index contributed by atoms with van der Waals surface area (Å²) in [6.07, 6.45) is 0.734. The lowest BCUT2D eigenvalue weighted by Crippen LogP contribution is -2.30. The highest BCUT2D eigenvalue weighted by molar-refractivity contribution is 9.10.